The van der Waals surface area contributed by atoms with Crippen molar-refractivity contribution in [3.05, 3.63) is 35.4 Å². The van der Waals surface area contributed by atoms with Gasteiger partial charge in [0.1, 0.15) is 0 Å². The first-order chi connectivity index (χ1) is 6.74. The predicted molar refractivity (Wildman–Crippen MR) is 60.0 cm³/mol. The molecule has 1 aromatic carbocycles. The molecule has 1 N–H and O–H groups in total. The van der Waals surface area contributed by atoms with E-state index in [1.807, 2.05) is 24.3 Å². The number of carboxylic acids is 1. The summed E-state index contributed by atoms with van der Waals surface area (Å²) in [5, 5.41) is 8.58. The molecule has 0 radical (unpaired) electrons. The Morgan fingerprint density at radius 3 is 2.29 bits per heavy atom. The van der Waals surface area contributed by atoms with Crippen LogP contribution in [-0.4, -0.2) is 16.8 Å². The molecule has 0 spiro atoms. The molecule has 76 valence electrons. The van der Waals surface area contributed by atoms with Gasteiger partial charge in [0.2, 0.25) is 0 Å². The number of benzene rings is 1. The maximum Gasteiger partial charge on any atom is 0.303 e. The third-order valence-corrected chi connectivity index (χ3v) is 2.33. The summed E-state index contributed by atoms with van der Waals surface area (Å²) in [6, 6.07) is 7.94. The Balaban J connectivity index is 2.68. The van der Waals surface area contributed by atoms with Gasteiger partial charge in [0, 0.05) is 6.42 Å². The minimum absolute atomic E-state index is 0.198. The summed E-state index contributed by atoms with van der Waals surface area (Å²) in [5.74, 6) is 0.0510. The molecule has 0 fully saturated rings. The van der Waals surface area contributed by atoms with Gasteiger partial charge in [-0.3, -0.25) is 4.79 Å². The summed E-state index contributed by atoms with van der Waals surface area (Å²) < 4.78 is 0. The number of thiol groups is 1. The normalized spacial score (nSPS) is 10.1. The molecular weight excluding hydrogens is 196 g/mol. The molecule has 14 heavy (non-hydrogen) atoms. The van der Waals surface area contributed by atoms with Crippen LogP contribution in [0.2, 0.25) is 0 Å². The largest absolute Gasteiger partial charge is 0.481 e. The Kier molecular flexibility index (Phi) is 4.53. The second kappa shape index (κ2) is 5.70. The number of hydrogen-bond acceptors (Lipinski definition) is 2. The first-order valence-electron chi connectivity index (χ1n) is 4.63. The highest BCUT2D eigenvalue weighted by Gasteiger charge is 2.03. The van der Waals surface area contributed by atoms with Crippen LogP contribution in [0.5, 0.6) is 0 Å². The van der Waals surface area contributed by atoms with Crippen molar-refractivity contribution in [3.63, 3.8) is 0 Å². The number of hydrogen-bond donors (Lipinski definition) is 2. The highest BCUT2D eigenvalue weighted by molar-refractivity contribution is 7.80. The first-order valence-corrected chi connectivity index (χ1v) is 5.26. The Morgan fingerprint density at radius 1 is 1.21 bits per heavy atom. The van der Waals surface area contributed by atoms with E-state index in [1.165, 1.54) is 5.56 Å². The minimum atomic E-state index is -0.745. The molecule has 0 aliphatic carbocycles. The monoisotopic (exact) mass is 210 g/mol. The smallest absolute Gasteiger partial charge is 0.303 e. The Bertz CT molecular complexity index is 310. The van der Waals surface area contributed by atoms with Crippen LogP contribution < -0.4 is 0 Å². The van der Waals surface area contributed by atoms with Crippen molar-refractivity contribution in [2.24, 2.45) is 0 Å². The fourth-order valence-electron chi connectivity index (χ4n) is 1.41. The van der Waals surface area contributed by atoms with E-state index in [2.05, 4.69) is 12.6 Å². The van der Waals surface area contributed by atoms with E-state index in [-0.39, 0.29) is 6.42 Å². The fourth-order valence-corrected chi connectivity index (χ4v) is 1.65. The minimum Gasteiger partial charge on any atom is -0.481 e. The van der Waals surface area contributed by atoms with Gasteiger partial charge in [-0.05, 0) is 29.7 Å². The topological polar surface area (TPSA) is 37.3 Å². The van der Waals surface area contributed by atoms with Crippen molar-refractivity contribution >= 4 is 18.6 Å². The van der Waals surface area contributed by atoms with E-state index in [0.717, 1.165) is 17.7 Å². The van der Waals surface area contributed by atoms with Crippen LogP contribution in [0.15, 0.2) is 24.3 Å². The van der Waals surface area contributed by atoms with E-state index in [1.54, 1.807) is 0 Å². The molecule has 0 amide bonds. The van der Waals surface area contributed by atoms with Crippen molar-refractivity contribution in [1.82, 2.24) is 0 Å². The van der Waals surface area contributed by atoms with Crippen molar-refractivity contribution in [2.45, 2.75) is 19.3 Å². The number of carboxylic acid groups (broad SMARTS) is 1. The summed E-state index contributed by atoms with van der Waals surface area (Å²) in [4.78, 5) is 10.4. The maximum atomic E-state index is 10.4. The molecule has 2 nitrogen and oxygen atoms in total. The number of aliphatic carboxylic acids is 1. The molecule has 0 unspecified atom stereocenters. The second-order valence-electron chi connectivity index (χ2n) is 3.14. The molecule has 0 aromatic heterocycles. The molecule has 1 aromatic rings. The lowest BCUT2D eigenvalue weighted by atomic mass is 10.0. The van der Waals surface area contributed by atoms with Crippen molar-refractivity contribution < 1.29 is 9.90 Å². The highest BCUT2D eigenvalue weighted by Crippen LogP contribution is 2.12. The third kappa shape index (κ3) is 3.42. The van der Waals surface area contributed by atoms with Crippen LogP contribution >= 0.6 is 12.6 Å². The molecule has 0 saturated heterocycles. The molecule has 0 bridgehead atoms. The van der Waals surface area contributed by atoms with E-state index in [9.17, 15) is 4.79 Å². The average molecular weight is 210 g/mol. The van der Waals surface area contributed by atoms with Crippen LogP contribution in [0.4, 0.5) is 0 Å². The van der Waals surface area contributed by atoms with Crippen molar-refractivity contribution in [2.75, 3.05) is 5.75 Å². The summed E-state index contributed by atoms with van der Waals surface area (Å²) in [5.41, 5.74) is 2.34. The summed E-state index contributed by atoms with van der Waals surface area (Å²) >= 11 is 4.17. The number of rotatable bonds is 5. The number of carbonyl (C=O) groups is 1. The van der Waals surface area contributed by atoms with Gasteiger partial charge < -0.3 is 5.11 Å². The fraction of sp³-hybridized carbons (Fsp3) is 0.364. The van der Waals surface area contributed by atoms with E-state index >= 15 is 0 Å². The van der Waals surface area contributed by atoms with Gasteiger partial charge in [-0.2, -0.15) is 12.6 Å². The van der Waals surface area contributed by atoms with Crippen LogP contribution in [0.1, 0.15) is 17.5 Å². The molecular formula is C11H14O2S. The second-order valence-corrected chi connectivity index (χ2v) is 3.58. The molecule has 0 aliphatic rings. The Labute approximate surface area is 89.4 Å². The lowest BCUT2D eigenvalue weighted by Gasteiger charge is -2.06. The SMILES string of the molecule is O=C(O)CCc1ccccc1CCS. The van der Waals surface area contributed by atoms with Crippen LogP contribution in [0.25, 0.3) is 0 Å². The van der Waals surface area contributed by atoms with Crippen LogP contribution in [0, 0.1) is 0 Å². The van der Waals surface area contributed by atoms with Gasteiger partial charge in [0.15, 0.2) is 0 Å². The van der Waals surface area contributed by atoms with Crippen LogP contribution in [0.3, 0.4) is 0 Å². The van der Waals surface area contributed by atoms with Crippen molar-refractivity contribution in [1.29, 1.82) is 0 Å². The third-order valence-electron chi connectivity index (χ3n) is 2.11. The summed E-state index contributed by atoms with van der Waals surface area (Å²) in [6.07, 6.45) is 1.71. The van der Waals surface area contributed by atoms with Gasteiger partial charge in [-0.1, -0.05) is 24.3 Å². The standard InChI is InChI=1S/C11H14O2S/c12-11(13)6-5-9-3-1-2-4-10(9)7-8-14/h1-4,14H,5-8H2,(H,12,13). The van der Waals surface area contributed by atoms with E-state index in [4.69, 9.17) is 5.11 Å². The zero-order valence-corrected chi connectivity index (χ0v) is 8.83. The Morgan fingerprint density at radius 2 is 1.79 bits per heavy atom. The Hall–Kier alpha value is -0.960. The average Bonchev–Trinajstić information content (AvgIpc) is 2.17. The van der Waals surface area contributed by atoms with E-state index < -0.39 is 5.97 Å². The zero-order chi connectivity index (χ0) is 10.4. The zero-order valence-electron chi connectivity index (χ0n) is 7.94. The van der Waals surface area contributed by atoms with Crippen LogP contribution in [-0.2, 0) is 17.6 Å². The quantitative estimate of drug-likeness (QED) is 0.731. The molecule has 0 atom stereocenters. The lowest BCUT2D eigenvalue weighted by molar-refractivity contribution is -0.136. The lowest BCUT2D eigenvalue weighted by Crippen LogP contribution is -2.01. The van der Waals surface area contributed by atoms with E-state index in [0.29, 0.717) is 6.42 Å². The predicted octanol–water partition coefficient (Wildman–Crippen LogP) is 2.18. The van der Waals surface area contributed by atoms with Gasteiger partial charge in [-0.25, -0.2) is 0 Å². The number of aryl methyl sites for hydroxylation is 2. The van der Waals surface area contributed by atoms with Gasteiger partial charge in [0.25, 0.3) is 0 Å². The molecule has 0 aliphatic heterocycles. The van der Waals surface area contributed by atoms with Gasteiger partial charge in [-0.15, -0.1) is 0 Å². The summed E-state index contributed by atoms with van der Waals surface area (Å²) in [6.45, 7) is 0. The van der Waals surface area contributed by atoms with Crippen molar-refractivity contribution in [3.8, 4) is 0 Å². The molecule has 0 saturated carbocycles. The molecule has 0 heterocycles. The van der Waals surface area contributed by atoms with Gasteiger partial charge in [0.05, 0.1) is 0 Å². The molecule has 1 rings (SSSR count). The first kappa shape index (κ1) is 11.1. The van der Waals surface area contributed by atoms with Gasteiger partial charge >= 0.3 is 5.97 Å². The highest BCUT2D eigenvalue weighted by atomic mass is 32.1. The maximum absolute atomic E-state index is 10.4. The molecule has 3 heteroatoms. The summed E-state index contributed by atoms with van der Waals surface area (Å²) in [7, 11) is 0.